The monoisotopic (exact) mass is 395 g/mol. The average Bonchev–Trinajstić information content (AvgIpc) is 3.15. The third kappa shape index (κ3) is 5.31. The van der Waals surface area contributed by atoms with Gasteiger partial charge < -0.3 is 19.6 Å². The minimum absolute atomic E-state index is 0.0247. The molecule has 0 aliphatic heterocycles. The van der Waals surface area contributed by atoms with Gasteiger partial charge >= 0.3 is 0 Å². The summed E-state index contributed by atoms with van der Waals surface area (Å²) in [4.78, 5) is 15.4. The summed E-state index contributed by atoms with van der Waals surface area (Å²) >= 11 is 0. The molecular formula is C24H29NO4. The summed E-state index contributed by atoms with van der Waals surface area (Å²) in [5.74, 6) is 1.71. The van der Waals surface area contributed by atoms with Crippen LogP contribution >= 0.6 is 0 Å². The number of hydrogen-bond donors (Lipinski definition) is 2. The van der Waals surface area contributed by atoms with E-state index in [2.05, 4.69) is 4.98 Å². The number of nitrogens with one attached hydrogen (secondary N) is 1. The Balaban J connectivity index is 1.44. The highest BCUT2D eigenvalue weighted by molar-refractivity contribution is 5.99. The lowest BCUT2D eigenvalue weighted by Crippen LogP contribution is -2.06. The molecule has 0 amide bonds. The Hall–Kier alpha value is -2.95. The SMILES string of the molecule is Cc1c(OCCCCOc2ccc3[nH]ccc3c2)ccc(C(=O)CC(C)C)c1O. The molecule has 0 aliphatic carbocycles. The first-order valence-electron chi connectivity index (χ1n) is 10.1. The first-order valence-corrected chi connectivity index (χ1v) is 10.1. The summed E-state index contributed by atoms with van der Waals surface area (Å²) in [6.07, 6.45) is 4.03. The summed E-state index contributed by atoms with van der Waals surface area (Å²) in [7, 11) is 0. The van der Waals surface area contributed by atoms with Crippen LogP contribution in [0.2, 0.25) is 0 Å². The molecule has 0 fully saturated rings. The zero-order valence-electron chi connectivity index (χ0n) is 17.3. The van der Waals surface area contributed by atoms with Crippen LogP contribution in [-0.2, 0) is 0 Å². The van der Waals surface area contributed by atoms with Crippen LogP contribution in [0.3, 0.4) is 0 Å². The Labute approximate surface area is 171 Å². The fourth-order valence-electron chi connectivity index (χ4n) is 3.24. The van der Waals surface area contributed by atoms with Gasteiger partial charge in [-0.1, -0.05) is 13.8 Å². The summed E-state index contributed by atoms with van der Waals surface area (Å²) in [5.41, 5.74) is 2.08. The van der Waals surface area contributed by atoms with Crippen molar-refractivity contribution < 1.29 is 19.4 Å². The van der Waals surface area contributed by atoms with E-state index in [1.54, 1.807) is 19.1 Å². The second kappa shape index (κ2) is 9.50. The molecule has 0 saturated heterocycles. The number of aromatic nitrogens is 1. The molecule has 0 aliphatic rings. The zero-order valence-corrected chi connectivity index (χ0v) is 17.3. The van der Waals surface area contributed by atoms with Crippen LogP contribution < -0.4 is 9.47 Å². The van der Waals surface area contributed by atoms with Gasteiger partial charge in [-0.2, -0.15) is 0 Å². The van der Waals surface area contributed by atoms with E-state index >= 15 is 0 Å². The van der Waals surface area contributed by atoms with E-state index in [1.807, 2.05) is 44.3 Å². The lowest BCUT2D eigenvalue weighted by molar-refractivity contribution is 0.0965. The number of rotatable bonds is 10. The van der Waals surface area contributed by atoms with Gasteiger partial charge in [0.1, 0.15) is 17.2 Å². The normalized spacial score (nSPS) is 11.2. The van der Waals surface area contributed by atoms with Crippen molar-refractivity contribution in [2.24, 2.45) is 5.92 Å². The highest BCUT2D eigenvalue weighted by atomic mass is 16.5. The van der Waals surface area contributed by atoms with Gasteiger partial charge in [-0.3, -0.25) is 4.79 Å². The number of ketones is 1. The van der Waals surface area contributed by atoms with E-state index < -0.39 is 0 Å². The highest BCUT2D eigenvalue weighted by Crippen LogP contribution is 2.32. The number of fused-ring (bicyclic) bond motifs is 1. The minimum Gasteiger partial charge on any atom is -0.507 e. The molecule has 2 aromatic carbocycles. The van der Waals surface area contributed by atoms with Crippen LogP contribution in [0.15, 0.2) is 42.6 Å². The molecule has 3 aromatic rings. The van der Waals surface area contributed by atoms with Crippen molar-refractivity contribution in [3.05, 3.63) is 53.7 Å². The number of phenols is 1. The molecule has 1 heterocycles. The van der Waals surface area contributed by atoms with Gasteiger partial charge in [0.15, 0.2) is 5.78 Å². The maximum absolute atomic E-state index is 12.2. The van der Waals surface area contributed by atoms with Crippen molar-refractivity contribution >= 4 is 16.7 Å². The summed E-state index contributed by atoms with van der Waals surface area (Å²) in [5, 5.41) is 11.5. The Morgan fingerprint density at radius 1 is 1.07 bits per heavy atom. The van der Waals surface area contributed by atoms with E-state index in [4.69, 9.17) is 9.47 Å². The molecule has 1 aromatic heterocycles. The van der Waals surface area contributed by atoms with Gasteiger partial charge in [-0.05, 0) is 62.1 Å². The molecule has 0 bridgehead atoms. The topological polar surface area (TPSA) is 71.5 Å². The Kier molecular flexibility index (Phi) is 6.81. The van der Waals surface area contributed by atoms with E-state index in [0.29, 0.717) is 36.5 Å². The van der Waals surface area contributed by atoms with Gasteiger partial charge in [0, 0.05) is 29.1 Å². The molecule has 0 unspecified atom stereocenters. The van der Waals surface area contributed by atoms with Crippen LogP contribution in [0, 0.1) is 12.8 Å². The van der Waals surface area contributed by atoms with Crippen molar-refractivity contribution in [2.45, 2.75) is 40.0 Å². The number of hydrogen-bond acceptors (Lipinski definition) is 4. The molecule has 5 heteroatoms. The molecule has 0 saturated carbocycles. The Morgan fingerprint density at radius 2 is 1.83 bits per heavy atom. The molecule has 5 nitrogen and oxygen atoms in total. The molecule has 0 atom stereocenters. The number of Topliss-reactive ketones (excluding diaryl/α,β-unsaturated/α-hetero) is 1. The number of unbranched alkanes of at least 4 members (excludes halogenated alkanes) is 1. The summed E-state index contributed by atoms with van der Waals surface area (Å²) in [6, 6.07) is 11.4. The fraction of sp³-hybridized carbons (Fsp3) is 0.375. The van der Waals surface area contributed by atoms with Crippen molar-refractivity contribution in [1.82, 2.24) is 4.98 Å². The second-order valence-corrected chi connectivity index (χ2v) is 7.74. The van der Waals surface area contributed by atoms with E-state index in [9.17, 15) is 9.90 Å². The van der Waals surface area contributed by atoms with Crippen LogP contribution in [0.25, 0.3) is 10.9 Å². The van der Waals surface area contributed by atoms with E-state index in [-0.39, 0.29) is 17.5 Å². The molecule has 154 valence electrons. The van der Waals surface area contributed by atoms with Crippen molar-refractivity contribution in [3.8, 4) is 17.2 Å². The van der Waals surface area contributed by atoms with E-state index in [1.165, 1.54) is 0 Å². The number of aromatic hydroxyl groups is 1. The maximum atomic E-state index is 12.2. The number of phenolic OH excluding ortho intramolecular Hbond substituents is 1. The standard InChI is InChI=1S/C24H29NO4/c1-16(2)14-22(26)20-7-9-23(17(3)24(20)27)29-13-5-4-12-28-19-6-8-21-18(15-19)10-11-25-21/h6-11,15-16,25,27H,4-5,12-14H2,1-3H3. The first kappa shape index (κ1) is 20.8. The van der Waals surface area contributed by atoms with Gasteiger partial charge in [0.25, 0.3) is 0 Å². The van der Waals surface area contributed by atoms with Crippen LogP contribution in [0.5, 0.6) is 17.2 Å². The second-order valence-electron chi connectivity index (χ2n) is 7.74. The van der Waals surface area contributed by atoms with Gasteiger partial charge in [0.05, 0.1) is 18.8 Å². The number of ether oxygens (including phenoxy) is 2. The number of benzene rings is 2. The smallest absolute Gasteiger partial charge is 0.166 e. The lowest BCUT2D eigenvalue weighted by Gasteiger charge is -2.13. The lowest BCUT2D eigenvalue weighted by atomic mass is 9.98. The summed E-state index contributed by atoms with van der Waals surface area (Å²) < 4.78 is 11.6. The van der Waals surface area contributed by atoms with Gasteiger partial charge in [0.2, 0.25) is 0 Å². The predicted molar refractivity (Wildman–Crippen MR) is 115 cm³/mol. The third-order valence-electron chi connectivity index (χ3n) is 4.87. The molecule has 3 rings (SSSR count). The number of H-pyrrole nitrogens is 1. The van der Waals surface area contributed by atoms with Crippen LogP contribution in [0.1, 0.15) is 49.0 Å². The van der Waals surface area contributed by atoms with Gasteiger partial charge in [-0.15, -0.1) is 0 Å². The number of carbonyl (C=O) groups is 1. The predicted octanol–water partition coefficient (Wildman–Crippen LogP) is 5.65. The van der Waals surface area contributed by atoms with Crippen molar-refractivity contribution in [3.63, 3.8) is 0 Å². The van der Waals surface area contributed by atoms with Crippen molar-refractivity contribution in [1.29, 1.82) is 0 Å². The minimum atomic E-state index is -0.0397. The van der Waals surface area contributed by atoms with Crippen LogP contribution in [-0.4, -0.2) is 29.1 Å². The Morgan fingerprint density at radius 3 is 2.59 bits per heavy atom. The largest absolute Gasteiger partial charge is 0.507 e. The van der Waals surface area contributed by atoms with Gasteiger partial charge in [-0.25, -0.2) is 0 Å². The fourth-order valence-corrected chi connectivity index (χ4v) is 3.24. The zero-order chi connectivity index (χ0) is 20.8. The van der Waals surface area contributed by atoms with Crippen molar-refractivity contribution in [2.75, 3.05) is 13.2 Å². The highest BCUT2D eigenvalue weighted by Gasteiger charge is 2.17. The third-order valence-corrected chi connectivity index (χ3v) is 4.87. The number of carbonyl (C=O) groups excluding carboxylic acids is 1. The summed E-state index contributed by atoms with van der Waals surface area (Å²) in [6.45, 7) is 6.90. The molecule has 0 spiro atoms. The molecule has 0 radical (unpaired) electrons. The average molecular weight is 395 g/mol. The quantitative estimate of drug-likeness (QED) is 0.344. The first-order chi connectivity index (χ1) is 14.0. The molecule has 2 N–H and O–H groups in total. The molecular weight excluding hydrogens is 366 g/mol. The van der Waals surface area contributed by atoms with Crippen LogP contribution in [0.4, 0.5) is 0 Å². The maximum Gasteiger partial charge on any atom is 0.166 e. The molecule has 29 heavy (non-hydrogen) atoms. The number of aromatic amines is 1. The Bertz CT molecular complexity index is 974. The van der Waals surface area contributed by atoms with E-state index in [0.717, 1.165) is 29.5 Å².